The van der Waals surface area contributed by atoms with E-state index in [0.29, 0.717) is 0 Å². The summed E-state index contributed by atoms with van der Waals surface area (Å²) in [6.07, 6.45) is 0. The van der Waals surface area contributed by atoms with Crippen molar-refractivity contribution >= 4 is 16.0 Å². The van der Waals surface area contributed by atoms with E-state index in [0.717, 1.165) is 6.07 Å². The highest BCUT2D eigenvalue weighted by molar-refractivity contribution is 7.89. The molecule has 20 heavy (non-hydrogen) atoms. The highest BCUT2D eigenvalue weighted by atomic mass is 32.2. The van der Waals surface area contributed by atoms with Crippen LogP contribution in [0.3, 0.4) is 0 Å². The Morgan fingerprint density at radius 2 is 2.00 bits per heavy atom. The van der Waals surface area contributed by atoms with Crippen LogP contribution in [0.4, 0.5) is 8.78 Å². The Morgan fingerprint density at radius 1 is 1.40 bits per heavy atom. The summed E-state index contributed by atoms with van der Waals surface area (Å²) in [6, 6.07) is 3.52. The molecule has 1 aromatic carbocycles. The number of halogens is 2. The van der Waals surface area contributed by atoms with Crippen molar-refractivity contribution in [3.63, 3.8) is 0 Å². The Balaban J connectivity index is 3.11. The van der Waals surface area contributed by atoms with Gasteiger partial charge in [-0.15, -0.1) is 0 Å². The second-order valence-corrected chi connectivity index (χ2v) is 5.81. The van der Waals surface area contributed by atoms with Crippen LogP contribution in [0.15, 0.2) is 23.1 Å². The number of alkyl halides is 2. The summed E-state index contributed by atoms with van der Waals surface area (Å²) in [4.78, 5) is 10.5. The van der Waals surface area contributed by atoms with Crippen LogP contribution >= 0.6 is 0 Å². The van der Waals surface area contributed by atoms with Gasteiger partial charge in [0.1, 0.15) is 6.61 Å². The third-order valence-corrected chi connectivity index (χ3v) is 4.10. The average Bonchev–Trinajstić information content (AvgIpc) is 2.36. The second-order valence-electron chi connectivity index (χ2n) is 4.07. The van der Waals surface area contributed by atoms with Crippen LogP contribution in [0, 0.1) is 6.92 Å². The SMILES string of the molecule is Cc1c(C(=O)O)cccc1S(=O)(=O)NCC(F)(F)CO. The fourth-order valence-electron chi connectivity index (χ4n) is 1.47. The summed E-state index contributed by atoms with van der Waals surface area (Å²) in [6.45, 7) is -1.51. The van der Waals surface area contributed by atoms with Crippen molar-refractivity contribution in [1.82, 2.24) is 4.72 Å². The molecule has 3 N–H and O–H groups in total. The maximum atomic E-state index is 12.8. The lowest BCUT2D eigenvalue weighted by Gasteiger charge is -2.15. The zero-order valence-corrected chi connectivity index (χ0v) is 11.2. The van der Waals surface area contributed by atoms with Crippen LogP contribution in [0.1, 0.15) is 15.9 Å². The molecule has 0 aliphatic rings. The number of rotatable bonds is 6. The van der Waals surface area contributed by atoms with Gasteiger partial charge in [-0.1, -0.05) is 6.07 Å². The highest BCUT2D eigenvalue weighted by Crippen LogP contribution is 2.20. The van der Waals surface area contributed by atoms with Gasteiger partial charge < -0.3 is 10.2 Å². The van der Waals surface area contributed by atoms with Crippen molar-refractivity contribution < 1.29 is 32.2 Å². The first-order chi connectivity index (χ1) is 9.10. The van der Waals surface area contributed by atoms with Crippen LogP contribution in [-0.4, -0.2) is 43.7 Å². The third kappa shape index (κ3) is 3.71. The summed E-state index contributed by atoms with van der Waals surface area (Å²) in [5.41, 5.74) is -0.290. The summed E-state index contributed by atoms with van der Waals surface area (Å²) in [5, 5.41) is 17.3. The number of aromatic carboxylic acids is 1. The molecule has 1 aromatic rings. The standard InChI is InChI=1S/C11H13F2NO5S/c1-7-8(10(16)17)3-2-4-9(7)20(18,19)14-5-11(12,13)6-15/h2-4,14-15H,5-6H2,1H3,(H,16,17). The monoisotopic (exact) mass is 309 g/mol. The molecule has 0 aliphatic heterocycles. The number of carboxylic acid groups (broad SMARTS) is 1. The van der Waals surface area contributed by atoms with Gasteiger partial charge in [0.2, 0.25) is 10.0 Å². The molecule has 1 rings (SSSR count). The van der Waals surface area contributed by atoms with E-state index in [-0.39, 0.29) is 11.1 Å². The van der Waals surface area contributed by atoms with Crippen molar-refractivity contribution in [2.24, 2.45) is 0 Å². The van der Waals surface area contributed by atoms with Crippen molar-refractivity contribution in [3.05, 3.63) is 29.3 Å². The van der Waals surface area contributed by atoms with Gasteiger partial charge in [0.15, 0.2) is 0 Å². The molecule has 0 aliphatic carbocycles. The fourth-order valence-corrected chi connectivity index (χ4v) is 2.80. The van der Waals surface area contributed by atoms with Crippen LogP contribution in [0.5, 0.6) is 0 Å². The van der Waals surface area contributed by atoms with E-state index < -0.39 is 40.0 Å². The van der Waals surface area contributed by atoms with Gasteiger partial charge in [-0.05, 0) is 24.6 Å². The molecule has 0 spiro atoms. The molecule has 0 fully saturated rings. The summed E-state index contributed by atoms with van der Waals surface area (Å²) in [7, 11) is -4.29. The lowest BCUT2D eigenvalue weighted by Crippen LogP contribution is -2.39. The second kappa shape index (κ2) is 5.81. The maximum absolute atomic E-state index is 12.8. The van der Waals surface area contributed by atoms with E-state index in [9.17, 15) is 22.0 Å². The molecule has 0 atom stereocenters. The molecule has 112 valence electrons. The lowest BCUT2D eigenvalue weighted by molar-refractivity contribution is -0.0437. The molecule has 0 radical (unpaired) electrons. The normalized spacial score (nSPS) is 12.4. The van der Waals surface area contributed by atoms with Crippen LogP contribution in [-0.2, 0) is 10.0 Å². The number of benzene rings is 1. The smallest absolute Gasteiger partial charge is 0.335 e. The molecule has 0 unspecified atom stereocenters. The minimum Gasteiger partial charge on any atom is -0.478 e. The fraction of sp³-hybridized carbons (Fsp3) is 0.364. The Bertz CT molecular complexity index is 615. The van der Waals surface area contributed by atoms with E-state index in [1.54, 1.807) is 4.72 Å². The first-order valence-corrected chi connectivity index (χ1v) is 6.90. The van der Waals surface area contributed by atoms with Gasteiger partial charge in [0.05, 0.1) is 17.0 Å². The molecule has 0 heterocycles. The van der Waals surface area contributed by atoms with Crippen LogP contribution in [0.2, 0.25) is 0 Å². The van der Waals surface area contributed by atoms with E-state index >= 15 is 0 Å². The molecule has 9 heteroatoms. The lowest BCUT2D eigenvalue weighted by atomic mass is 10.1. The summed E-state index contributed by atoms with van der Waals surface area (Å²) < 4.78 is 51.1. The molecule has 0 amide bonds. The van der Waals surface area contributed by atoms with E-state index in [4.69, 9.17) is 10.2 Å². The number of hydrogen-bond donors (Lipinski definition) is 3. The topological polar surface area (TPSA) is 104 Å². The van der Waals surface area contributed by atoms with Crippen molar-refractivity contribution in [2.45, 2.75) is 17.7 Å². The summed E-state index contributed by atoms with van der Waals surface area (Å²) >= 11 is 0. The highest BCUT2D eigenvalue weighted by Gasteiger charge is 2.31. The largest absolute Gasteiger partial charge is 0.478 e. The van der Waals surface area contributed by atoms with Crippen molar-refractivity contribution in [3.8, 4) is 0 Å². The number of carboxylic acids is 1. The Morgan fingerprint density at radius 3 is 2.50 bits per heavy atom. The number of nitrogens with one attached hydrogen (secondary N) is 1. The maximum Gasteiger partial charge on any atom is 0.335 e. The van der Waals surface area contributed by atoms with Crippen LogP contribution in [0.25, 0.3) is 0 Å². The number of aliphatic hydroxyl groups is 1. The average molecular weight is 309 g/mol. The third-order valence-electron chi connectivity index (χ3n) is 2.56. The van der Waals surface area contributed by atoms with E-state index in [1.165, 1.54) is 19.1 Å². The molecule has 0 saturated carbocycles. The Hall–Kier alpha value is -1.58. The van der Waals surface area contributed by atoms with Gasteiger partial charge in [0.25, 0.3) is 5.92 Å². The predicted molar refractivity (Wildman–Crippen MR) is 65.4 cm³/mol. The van der Waals surface area contributed by atoms with E-state index in [2.05, 4.69) is 0 Å². The molecule has 0 saturated heterocycles. The van der Waals surface area contributed by atoms with Gasteiger partial charge in [0, 0.05) is 0 Å². The number of hydrogen-bond acceptors (Lipinski definition) is 4. The van der Waals surface area contributed by atoms with Gasteiger partial charge in [-0.25, -0.2) is 26.7 Å². The zero-order valence-electron chi connectivity index (χ0n) is 10.4. The molecular weight excluding hydrogens is 296 g/mol. The predicted octanol–water partition coefficient (Wildman–Crippen LogP) is 0.599. The number of sulfonamides is 1. The molecular formula is C11H13F2NO5S. The zero-order chi connectivity index (χ0) is 15.6. The van der Waals surface area contributed by atoms with E-state index in [1.807, 2.05) is 0 Å². The Kier molecular flexibility index (Phi) is 4.79. The molecule has 6 nitrogen and oxygen atoms in total. The van der Waals surface area contributed by atoms with Gasteiger partial charge >= 0.3 is 5.97 Å². The first kappa shape index (κ1) is 16.5. The summed E-state index contributed by atoms with van der Waals surface area (Å²) in [5.74, 6) is -4.91. The first-order valence-electron chi connectivity index (χ1n) is 5.42. The molecule has 0 aromatic heterocycles. The molecule has 0 bridgehead atoms. The van der Waals surface area contributed by atoms with Crippen molar-refractivity contribution in [2.75, 3.05) is 13.2 Å². The minimum absolute atomic E-state index is 0.0557. The Labute approximate surface area is 114 Å². The minimum atomic E-state index is -4.29. The number of carbonyl (C=O) groups is 1. The quantitative estimate of drug-likeness (QED) is 0.714. The van der Waals surface area contributed by atoms with Crippen LogP contribution < -0.4 is 4.72 Å². The number of aliphatic hydroxyl groups excluding tert-OH is 1. The van der Waals surface area contributed by atoms with Crippen molar-refractivity contribution in [1.29, 1.82) is 0 Å². The van der Waals surface area contributed by atoms with Gasteiger partial charge in [-0.3, -0.25) is 0 Å². The van der Waals surface area contributed by atoms with Gasteiger partial charge in [-0.2, -0.15) is 0 Å².